The van der Waals surface area contributed by atoms with Gasteiger partial charge in [0.2, 0.25) is 10.0 Å². The molecule has 1 atom stereocenters. The summed E-state index contributed by atoms with van der Waals surface area (Å²) in [5.74, 6) is -0.168. The minimum absolute atomic E-state index is 0.173. The van der Waals surface area contributed by atoms with Crippen LogP contribution < -0.4 is 4.31 Å². The Morgan fingerprint density at radius 1 is 1.27 bits per heavy atom. The summed E-state index contributed by atoms with van der Waals surface area (Å²) >= 11 is 0. The first-order valence-corrected chi connectivity index (χ1v) is 8.46. The molecule has 1 aliphatic rings. The zero-order valence-corrected chi connectivity index (χ0v) is 13.7. The van der Waals surface area contributed by atoms with Crippen LogP contribution in [0.15, 0.2) is 24.3 Å². The zero-order valence-electron chi connectivity index (χ0n) is 12.9. The van der Waals surface area contributed by atoms with Gasteiger partial charge in [0, 0.05) is 20.7 Å². The summed E-state index contributed by atoms with van der Waals surface area (Å²) < 4.78 is 30.4. The fraction of sp³-hybridized carbons (Fsp3) is 0.500. The SMILES string of the molecule is COC(C(=O)N(C)OC)c1ccc(N2CCCS2(=O)=O)cc1. The van der Waals surface area contributed by atoms with Gasteiger partial charge in [-0.15, -0.1) is 0 Å². The summed E-state index contributed by atoms with van der Waals surface area (Å²) in [6, 6.07) is 6.76. The molecule has 0 aliphatic carbocycles. The third kappa shape index (κ3) is 3.23. The number of sulfonamides is 1. The molecule has 7 nitrogen and oxygen atoms in total. The van der Waals surface area contributed by atoms with Crippen LogP contribution in [0.4, 0.5) is 5.69 Å². The molecule has 1 aliphatic heterocycles. The maximum Gasteiger partial charge on any atom is 0.279 e. The number of carbonyl (C=O) groups is 1. The molecule has 1 heterocycles. The number of likely N-dealkylation sites (N-methyl/N-ethyl adjacent to an activating group) is 1. The van der Waals surface area contributed by atoms with Crippen LogP contribution in [0.3, 0.4) is 0 Å². The lowest BCUT2D eigenvalue weighted by Crippen LogP contribution is -2.31. The number of rotatable bonds is 5. The van der Waals surface area contributed by atoms with Gasteiger partial charge in [0.1, 0.15) is 0 Å². The van der Waals surface area contributed by atoms with Crippen molar-refractivity contribution in [3.63, 3.8) is 0 Å². The predicted octanol–water partition coefficient (Wildman–Crippen LogP) is 0.934. The van der Waals surface area contributed by atoms with Gasteiger partial charge < -0.3 is 4.74 Å². The smallest absolute Gasteiger partial charge is 0.279 e. The Bertz CT molecular complexity index is 629. The van der Waals surface area contributed by atoms with Crippen molar-refractivity contribution in [1.82, 2.24) is 5.06 Å². The standard InChI is InChI=1S/C14H20N2O5S/c1-15(21-3)14(17)13(20-2)11-5-7-12(8-6-11)16-9-4-10-22(16,18)19/h5-8,13H,4,9-10H2,1-3H3. The summed E-state index contributed by atoms with van der Waals surface area (Å²) in [6.07, 6.45) is -0.170. The van der Waals surface area contributed by atoms with E-state index in [4.69, 9.17) is 9.57 Å². The molecule has 1 saturated heterocycles. The Morgan fingerprint density at radius 3 is 2.36 bits per heavy atom. The molecule has 0 N–H and O–H groups in total. The highest BCUT2D eigenvalue weighted by Crippen LogP contribution is 2.27. The highest BCUT2D eigenvalue weighted by molar-refractivity contribution is 7.93. The van der Waals surface area contributed by atoms with Gasteiger partial charge in [0.05, 0.1) is 18.6 Å². The number of benzene rings is 1. The Labute approximate surface area is 130 Å². The van der Waals surface area contributed by atoms with E-state index in [-0.39, 0.29) is 11.7 Å². The maximum absolute atomic E-state index is 12.1. The van der Waals surface area contributed by atoms with Crippen molar-refractivity contribution in [2.24, 2.45) is 0 Å². The number of hydroxylamine groups is 2. The number of hydrogen-bond acceptors (Lipinski definition) is 5. The van der Waals surface area contributed by atoms with Crippen molar-refractivity contribution in [2.75, 3.05) is 37.9 Å². The lowest BCUT2D eigenvalue weighted by atomic mass is 10.1. The van der Waals surface area contributed by atoms with E-state index in [9.17, 15) is 13.2 Å². The minimum Gasteiger partial charge on any atom is -0.367 e. The van der Waals surface area contributed by atoms with Crippen molar-refractivity contribution in [3.8, 4) is 0 Å². The summed E-state index contributed by atoms with van der Waals surface area (Å²) in [4.78, 5) is 17.0. The Balaban J connectivity index is 2.22. The second-order valence-corrected chi connectivity index (χ2v) is 6.98. The van der Waals surface area contributed by atoms with E-state index in [0.29, 0.717) is 24.2 Å². The van der Waals surface area contributed by atoms with Gasteiger partial charge in [-0.1, -0.05) is 12.1 Å². The molecule has 1 aromatic rings. The third-order valence-electron chi connectivity index (χ3n) is 3.63. The van der Waals surface area contributed by atoms with Crippen LogP contribution in [0, 0.1) is 0 Å². The van der Waals surface area contributed by atoms with Gasteiger partial charge in [-0.2, -0.15) is 0 Å². The quantitative estimate of drug-likeness (QED) is 0.752. The van der Waals surface area contributed by atoms with Crippen molar-refractivity contribution < 1.29 is 22.8 Å². The molecule has 0 saturated carbocycles. The maximum atomic E-state index is 12.1. The summed E-state index contributed by atoms with van der Waals surface area (Å²) in [5, 5.41) is 1.09. The van der Waals surface area contributed by atoms with Crippen molar-refractivity contribution in [1.29, 1.82) is 0 Å². The van der Waals surface area contributed by atoms with Crippen LogP contribution in [0.2, 0.25) is 0 Å². The van der Waals surface area contributed by atoms with E-state index >= 15 is 0 Å². The molecule has 22 heavy (non-hydrogen) atoms. The molecule has 1 aromatic carbocycles. The fourth-order valence-corrected chi connectivity index (χ4v) is 3.94. The number of methoxy groups -OCH3 is 1. The van der Waals surface area contributed by atoms with E-state index in [1.54, 1.807) is 24.3 Å². The van der Waals surface area contributed by atoms with Crippen LogP contribution in [-0.2, 0) is 24.4 Å². The van der Waals surface area contributed by atoms with Crippen molar-refractivity contribution in [3.05, 3.63) is 29.8 Å². The number of nitrogens with zero attached hydrogens (tertiary/aromatic N) is 2. The molecule has 8 heteroatoms. The molecule has 0 aromatic heterocycles. The Hall–Kier alpha value is -1.64. The molecule has 122 valence electrons. The molecule has 1 unspecified atom stereocenters. The second kappa shape index (κ2) is 6.64. The molecule has 0 radical (unpaired) electrons. The molecular formula is C14H20N2O5S. The predicted molar refractivity (Wildman–Crippen MR) is 81.7 cm³/mol. The molecular weight excluding hydrogens is 308 g/mol. The minimum atomic E-state index is -3.21. The summed E-state index contributed by atoms with van der Waals surface area (Å²) in [5.41, 5.74) is 1.24. The zero-order chi connectivity index (χ0) is 16.3. The van der Waals surface area contributed by atoms with E-state index in [2.05, 4.69) is 0 Å². The first-order valence-electron chi connectivity index (χ1n) is 6.85. The van der Waals surface area contributed by atoms with Crippen LogP contribution in [0.1, 0.15) is 18.1 Å². The van der Waals surface area contributed by atoms with Crippen LogP contribution in [0.5, 0.6) is 0 Å². The van der Waals surface area contributed by atoms with Gasteiger partial charge in [-0.25, -0.2) is 13.5 Å². The molecule has 0 spiro atoms. The highest BCUT2D eigenvalue weighted by atomic mass is 32.2. The first-order chi connectivity index (χ1) is 10.4. The monoisotopic (exact) mass is 328 g/mol. The molecule has 1 amide bonds. The summed E-state index contributed by atoms with van der Waals surface area (Å²) in [6.45, 7) is 0.487. The number of amides is 1. The van der Waals surface area contributed by atoms with E-state index in [1.807, 2.05) is 0 Å². The third-order valence-corrected chi connectivity index (χ3v) is 5.50. The van der Waals surface area contributed by atoms with Gasteiger partial charge in [-0.3, -0.25) is 13.9 Å². The number of ether oxygens (including phenoxy) is 1. The molecule has 2 rings (SSSR count). The number of carbonyl (C=O) groups excluding carboxylic acids is 1. The second-order valence-electron chi connectivity index (χ2n) is 4.97. The normalized spacial score (nSPS) is 18.2. The molecule has 0 bridgehead atoms. The van der Waals surface area contributed by atoms with Gasteiger partial charge in [0.25, 0.3) is 5.91 Å². The average molecular weight is 328 g/mol. The largest absolute Gasteiger partial charge is 0.367 e. The van der Waals surface area contributed by atoms with Gasteiger partial charge >= 0.3 is 0 Å². The fourth-order valence-electron chi connectivity index (χ4n) is 2.38. The number of anilines is 1. The first kappa shape index (κ1) is 16.7. The average Bonchev–Trinajstić information content (AvgIpc) is 2.87. The lowest BCUT2D eigenvalue weighted by molar-refractivity contribution is -0.179. The topological polar surface area (TPSA) is 76.2 Å². The Kier molecular flexibility index (Phi) is 5.05. The van der Waals surface area contributed by atoms with E-state index in [0.717, 1.165) is 5.06 Å². The lowest BCUT2D eigenvalue weighted by Gasteiger charge is -2.22. The van der Waals surface area contributed by atoms with Crippen LogP contribution in [-0.4, -0.2) is 53.0 Å². The van der Waals surface area contributed by atoms with Gasteiger partial charge in [-0.05, 0) is 24.1 Å². The van der Waals surface area contributed by atoms with Crippen LogP contribution in [0.25, 0.3) is 0 Å². The Morgan fingerprint density at radius 2 is 1.91 bits per heavy atom. The van der Waals surface area contributed by atoms with Crippen molar-refractivity contribution >= 4 is 21.6 Å². The van der Waals surface area contributed by atoms with Gasteiger partial charge in [0.15, 0.2) is 6.10 Å². The number of hydrogen-bond donors (Lipinski definition) is 0. The highest BCUT2D eigenvalue weighted by Gasteiger charge is 2.29. The summed E-state index contributed by atoms with van der Waals surface area (Å²) in [7, 11) is 1.12. The van der Waals surface area contributed by atoms with Crippen LogP contribution >= 0.6 is 0 Å². The molecule has 1 fully saturated rings. The van der Waals surface area contributed by atoms with E-state index in [1.165, 1.54) is 25.6 Å². The van der Waals surface area contributed by atoms with E-state index < -0.39 is 16.1 Å². The van der Waals surface area contributed by atoms with Crippen molar-refractivity contribution in [2.45, 2.75) is 12.5 Å².